The van der Waals surface area contributed by atoms with E-state index in [2.05, 4.69) is 35.7 Å². The number of rotatable bonds is 4. The number of alkyl halides is 1. The molecule has 2 aliphatic heterocycles. The van der Waals surface area contributed by atoms with Crippen molar-refractivity contribution in [2.75, 3.05) is 0 Å². The summed E-state index contributed by atoms with van der Waals surface area (Å²) in [6.07, 6.45) is 8.21. The minimum Gasteiger partial charge on any atom is -0.291 e. The number of aromatic nitrogens is 2. The minimum atomic E-state index is 0.395. The van der Waals surface area contributed by atoms with Crippen LogP contribution in [0.1, 0.15) is 57.7 Å². The number of fused-ring (bicyclic) bond motifs is 2. The number of halogens is 1. The Hall–Kier alpha value is -0.540. The lowest BCUT2D eigenvalue weighted by molar-refractivity contribution is 0.132. The van der Waals surface area contributed by atoms with Gasteiger partial charge in [0, 0.05) is 36.2 Å². The lowest BCUT2D eigenvalue weighted by Crippen LogP contribution is -2.42. The number of piperidine rings is 1. The minimum absolute atomic E-state index is 0.395. The van der Waals surface area contributed by atoms with E-state index in [9.17, 15) is 0 Å². The van der Waals surface area contributed by atoms with Crippen LogP contribution in [0.3, 0.4) is 0 Å². The van der Waals surface area contributed by atoms with Crippen LogP contribution in [0, 0.1) is 0 Å². The average molecular weight is 282 g/mol. The molecule has 4 heteroatoms. The predicted molar refractivity (Wildman–Crippen MR) is 78.5 cm³/mol. The van der Waals surface area contributed by atoms with E-state index in [1.807, 2.05) is 0 Å². The Balaban J connectivity index is 1.67. The fraction of sp³-hybridized carbons (Fsp3) is 0.800. The third kappa shape index (κ3) is 2.68. The first-order valence-electron chi connectivity index (χ1n) is 7.61. The fourth-order valence-corrected chi connectivity index (χ4v) is 3.96. The summed E-state index contributed by atoms with van der Waals surface area (Å²) >= 11 is 6.33. The Morgan fingerprint density at radius 3 is 2.68 bits per heavy atom. The maximum atomic E-state index is 6.33. The number of hydrogen-bond donors (Lipinski definition) is 0. The third-order valence-electron chi connectivity index (χ3n) is 4.88. The quantitative estimate of drug-likeness (QED) is 0.787. The molecule has 0 aromatic carbocycles. The van der Waals surface area contributed by atoms with Gasteiger partial charge in [-0.25, -0.2) is 0 Å². The second kappa shape index (κ2) is 5.45. The van der Waals surface area contributed by atoms with E-state index < -0.39 is 0 Å². The lowest BCUT2D eigenvalue weighted by Gasteiger charge is -2.36. The van der Waals surface area contributed by atoms with Gasteiger partial charge in [-0.1, -0.05) is 6.92 Å². The summed E-state index contributed by atoms with van der Waals surface area (Å²) in [5.41, 5.74) is 1.21. The molecule has 3 atom stereocenters. The van der Waals surface area contributed by atoms with Gasteiger partial charge < -0.3 is 0 Å². The zero-order valence-corrected chi connectivity index (χ0v) is 12.7. The summed E-state index contributed by atoms with van der Waals surface area (Å²) in [7, 11) is 0. The van der Waals surface area contributed by atoms with Crippen molar-refractivity contribution < 1.29 is 0 Å². The van der Waals surface area contributed by atoms with Crippen LogP contribution in [-0.2, 0) is 6.54 Å². The molecule has 3 heterocycles. The summed E-state index contributed by atoms with van der Waals surface area (Å²) in [5, 5.41) is 5.13. The van der Waals surface area contributed by atoms with Gasteiger partial charge in [-0.15, -0.1) is 11.6 Å². The molecule has 3 rings (SSSR count). The molecular formula is C15H24ClN3. The zero-order valence-electron chi connectivity index (χ0n) is 11.9. The highest BCUT2D eigenvalue weighted by molar-refractivity contribution is 6.20. The summed E-state index contributed by atoms with van der Waals surface area (Å²) in [4.78, 5) is 2.64. The standard InChI is InChI=1S/C15H24ClN3/c1-3-11(2)19-7-6-13(17-19)10-18-14-4-5-15(18)9-12(16)8-14/h6-7,11-12,14-15H,3-5,8-10H2,1-2H3. The van der Waals surface area contributed by atoms with E-state index in [4.69, 9.17) is 16.7 Å². The van der Waals surface area contributed by atoms with E-state index >= 15 is 0 Å². The Bertz CT molecular complexity index is 417. The summed E-state index contributed by atoms with van der Waals surface area (Å²) in [5.74, 6) is 0. The molecular weight excluding hydrogens is 258 g/mol. The van der Waals surface area contributed by atoms with Gasteiger partial charge in [-0.2, -0.15) is 5.10 Å². The van der Waals surface area contributed by atoms with E-state index in [0.29, 0.717) is 23.5 Å². The van der Waals surface area contributed by atoms with Crippen molar-refractivity contribution in [1.82, 2.24) is 14.7 Å². The van der Waals surface area contributed by atoms with E-state index in [1.54, 1.807) is 0 Å². The van der Waals surface area contributed by atoms with Crippen molar-refractivity contribution in [2.45, 2.75) is 76.0 Å². The van der Waals surface area contributed by atoms with Crippen molar-refractivity contribution in [3.05, 3.63) is 18.0 Å². The smallest absolute Gasteiger partial charge is 0.0765 e. The van der Waals surface area contributed by atoms with Crippen molar-refractivity contribution in [1.29, 1.82) is 0 Å². The number of nitrogens with zero attached hydrogens (tertiary/aromatic N) is 3. The second-order valence-electron chi connectivity index (χ2n) is 6.17. The van der Waals surface area contributed by atoms with Crippen molar-refractivity contribution in [3.8, 4) is 0 Å². The van der Waals surface area contributed by atoms with Gasteiger partial charge in [-0.3, -0.25) is 9.58 Å². The molecule has 106 valence electrons. The molecule has 2 saturated heterocycles. The van der Waals surface area contributed by atoms with Crippen molar-refractivity contribution in [3.63, 3.8) is 0 Å². The largest absolute Gasteiger partial charge is 0.291 e. The highest BCUT2D eigenvalue weighted by Crippen LogP contribution is 2.38. The zero-order chi connectivity index (χ0) is 13.4. The molecule has 0 amide bonds. The van der Waals surface area contributed by atoms with E-state index in [1.165, 1.54) is 18.5 Å². The highest BCUT2D eigenvalue weighted by Gasteiger charge is 2.40. The molecule has 0 aliphatic carbocycles. The lowest BCUT2D eigenvalue weighted by atomic mass is 10.0. The first-order chi connectivity index (χ1) is 9.17. The topological polar surface area (TPSA) is 21.1 Å². The highest BCUT2D eigenvalue weighted by atomic mass is 35.5. The molecule has 3 nitrogen and oxygen atoms in total. The SMILES string of the molecule is CCC(C)n1ccc(CN2C3CCC2CC(Cl)C3)n1. The normalized spacial score (nSPS) is 32.7. The Kier molecular flexibility index (Phi) is 3.86. The maximum Gasteiger partial charge on any atom is 0.0765 e. The van der Waals surface area contributed by atoms with Crippen LogP contribution in [0.15, 0.2) is 12.3 Å². The molecule has 2 bridgehead atoms. The van der Waals surface area contributed by atoms with Gasteiger partial charge in [-0.05, 0) is 45.1 Å². The Morgan fingerprint density at radius 2 is 2.05 bits per heavy atom. The molecule has 0 saturated carbocycles. The van der Waals surface area contributed by atoms with Crippen LogP contribution >= 0.6 is 11.6 Å². The summed E-state index contributed by atoms with van der Waals surface area (Å²) in [6.45, 7) is 5.43. The molecule has 0 N–H and O–H groups in total. The molecule has 2 fully saturated rings. The molecule has 19 heavy (non-hydrogen) atoms. The van der Waals surface area contributed by atoms with Gasteiger partial charge in [0.1, 0.15) is 0 Å². The second-order valence-corrected chi connectivity index (χ2v) is 6.79. The van der Waals surface area contributed by atoms with Gasteiger partial charge in [0.2, 0.25) is 0 Å². The number of hydrogen-bond acceptors (Lipinski definition) is 2. The predicted octanol–water partition coefficient (Wildman–Crippen LogP) is 3.59. The molecule has 0 radical (unpaired) electrons. The molecule has 1 aromatic heterocycles. The fourth-order valence-electron chi connectivity index (χ4n) is 3.55. The van der Waals surface area contributed by atoms with Gasteiger partial charge in [0.05, 0.1) is 5.69 Å². The van der Waals surface area contributed by atoms with Gasteiger partial charge in [0.15, 0.2) is 0 Å². The average Bonchev–Trinajstić information content (AvgIpc) is 2.94. The van der Waals surface area contributed by atoms with Crippen molar-refractivity contribution >= 4 is 11.6 Å². The molecule has 0 spiro atoms. The van der Waals surface area contributed by atoms with Crippen LogP contribution in [-0.4, -0.2) is 32.1 Å². The molecule has 1 aromatic rings. The van der Waals surface area contributed by atoms with Crippen molar-refractivity contribution in [2.24, 2.45) is 0 Å². The molecule has 3 unspecified atom stereocenters. The molecule has 2 aliphatic rings. The van der Waals surface area contributed by atoms with E-state index in [0.717, 1.165) is 25.8 Å². The summed E-state index contributed by atoms with van der Waals surface area (Å²) in [6, 6.07) is 4.06. The van der Waals surface area contributed by atoms with Crippen LogP contribution in [0.4, 0.5) is 0 Å². The summed E-state index contributed by atoms with van der Waals surface area (Å²) < 4.78 is 2.10. The van der Waals surface area contributed by atoms with Crippen LogP contribution in [0.2, 0.25) is 0 Å². The maximum absolute atomic E-state index is 6.33. The monoisotopic (exact) mass is 281 g/mol. The van der Waals surface area contributed by atoms with Crippen LogP contribution in [0.25, 0.3) is 0 Å². The van der Waals surface area contributed by atoms with Crippen LogP contribution < -0.4 is 0 Å². The van der Waals surface area contributed by atoms with Gasteiger partial charge in [0.25, 0.3) is 0 Å². The van der Waals surface area contributed by atoms with Crippen LogP contribution in [0.5, 0.6) is 0 Å². The van der Waals surface area contributed by atoms with Gasteiger partial charge >= 0.3 is 0 Å². The van der Waals surface area contributed by atoms with E-state index in [-0.39, 0.29) is 0 Å². The first-order valence-corrected chi connectivity index (χ1v) is 8.05. The Morgan fingerprint density at radius 1 is 1.37 bits per heavy atom. The Labute approximate surface area is 120 Å². The third-order valence-corrected chi connectivity index (χ3v) is 5.23. The first kappa shape index (κ1) is 13.4.